The zero-order valence-electron chi connectivity index (χ0n) is 13.9. The molecule has 2 unspecified atom stereocenters. The van der Waals surface area contributed by atoms with Crippen LogP contribution in [0.25, 0.3) is 0 Å². The van der Waals surface area contributed by atoms with Crippen LogP contribution in [-0.2, 0) is 0 Å². The zero-order valence-corrected chi connectivity index (χ0v) is 13.9. The molecule has 3 heteroatoms. The number of likely N-dealkylation sites (tertiary alicyclic amines) is 2. The molecule has 2 aliphatic rings. The third-order valence-corrected chi connectivity index (χ3v) is 5.55. The maximum absolute atomic E-state index is 3.82. The van der Waals surface area contributed by atoms with Gasteiger partial charge in [-0.3, -0.25) is 0 Å². The summed E-state index contributed by atoms with van der Waals surface area (Å²) in [6.45, 7) is 12.4. The molecular weight excluding hydrogens is 246 g/mol. The number of hydrogen-bond donors (Lipinski definition) is 1. The van der Waals surface area contributed by atoms with Crippen molar-refractivity contribution in [3.63, 3.8) is 0 Å². The van der Waals surface area contributed by atoms with Crippen LogP contribution in [0.3, 0.4) is 0 Å². The highest BCUT2D eigenvalue weighted by Crippen LogP contribution is 2.21. The van der Waals surface area contributed by atoms with Crippen molar-refractivity contribution in [3.05, 3.63) is 0 Å². The molecule has 2 saturated heterocycles. The first-order valence-corrected chi connectivity index (χ1v) is 8.83. The van der Waals surface area contributed by atoms with Gasteiger partial charge < -0.3 is 15.1 Å². The number of hydrogen-bond acceptors (Lipinski definition) is 3. The molecular formula is C17H35N3. The number of nitrogens with one attached hydrogen (secondary N) is 1. The van der Waals surface area contributed by atoms with Crippen molar-refractivity contribution in [1.29, 1.82) is 0 Å². The summed E-state index contributed by atoms with van der Waals surface area (Å²) in [6.07, 6.45) is 6.99. The minimum atomic E-state index is 0.690. The molecule has 0 saturated carbocycles. The molecule has 0 aliphatic carbocycles. The van der Waals surface area contributed by atoms with Gasteiger partial charge in [-0.05, 0) is 90.6 Å². The Bertz CT molecular complexity index is 261. The molecule has 2 atom stereocenters. The van der Waals surface area contributed by atoms with E-state index in [9.17, 15) is 0 Å². The fraction of sp³-hybridized carbons (Fsp3) is 1.00. The quantitative estimate of drug-likeness (QED) is 0.807. The Balaban J connectivity index is 1.61. The van der Waals surface area contributed by atoms with Crippen molar-refractivity contribution in [2.45, 2.75) is 52.0 Å². The highest BCUT2D eigenvalue weighted by atomic mass is 15.1. The second-order valence-electron chi connectivity index (χ2n) is 7.07. The molecule has 0 amide bonds. The molecule has 0 aromatic rings. The van der Waals surface area contributed by atoms with Crippen molar-refractivity contribution >= 4 is 0 Å². The maximum atomic E-state index is 3.82. The van der Waals surface area contributed by atoms with Gasteiger partial charge in [0.1, 0.15) is 0 Å². The normalized spacial score (nSPS) is 28.6. The van der Waals surface area contributed by atoms with Crippen molar-refractivity contribution < 1.29 is 0 Å². The predicted octanol–water partition coefficient (Wildman–Crippen LogP) is 2.43. The van der Waals surface area contributed by atoms with Gasteiger partial charge in [-0.25, -0.2) is 0 Å². The molecule has 0 spiro atoms. The highest BCUT2D eigenvalue weighted by molar-refractivity contribution is 4.80. The van der Waals surface area contributed by atoms with E-state index in [1.807, 2.05) is 0 Å². The first kappa shape index (κ1) is 16.3. The van der Waals surface area contributed by atoms with Crippen LogP contribution in [0.5, 0.6) is 0 Å². The van der Waals surface area contributed by atoms with Gasteiger partial charge >= 0.3 is 0 Å². The van der Waals surface area contributed by atoms with Gasteiger partial charge in [0.25, 0.3) is 0 Å². The summed E-state index contributed by atoms with van der Waals surface area (Å²) in [4.78, 5) is 5.08. The van der Waals surface area contributed by atoms with Crippen LogP contribution in [0.15, 0.2) is 0 Å². The Morgan fingerprint density at radius 1 is 1.15 bits per heavy atom. The Labute approximate surface area is 126 Å². The summed E-state index contributed by atoms with van der Waals surface area (Å²) in [5.74, 6) is 1.82. The SMILES string of the molecule is CCN1CCCC(C(C)NCCC2CCN(C)CC2)C1. The molecule has 0 bridgehead atoms. The van der Waals surface area contributed by atoms with Gasteiger partial charge in [0.2, 0.25) is 0 Å². The van der Waals surface area contributed by atoms with Gasteiger partial charge in [0, 0.05) is 12.6 Å². The largest absolute Gasteiger partial charge is 0.314 e. The second-order valence-corrected chi connectivity index (χ2v) is 7.07. The topological polar surface area (TPSA) is 18.5 Å². The molecule has 3 nitrogen and oxygen atoms in total. The molecule has 2 rings (SSSR count). The Kier molecular flexibility index (Phi) is 6.79. The summed E-state index contributed by atoms with van der Waals surface area (Å²) in [7, 11) is 2.25. The van der Waals surface area contributed by atoms with Crippen molar-refractivity contribution in [1.82, 2.24) is 15.1 Å². The summed E-state index contributed by atoms with van der Waals surface area (Å²) in [5.41, 5.74) is 0. The van der Waals surface area contributed by atoms with Gasteiger partial charge in [-0.15, -0.1) is 0 Å². The smallest absolute Gasteiger partial charge is 0.00792 e. The van der Waals surface area contributed by atoms with E-state index in [0.717, 1.165) is 11.8 Å². The third kappa shape index (κ3) is 5.01. The number of nitrogens with zero attached hydrogens (tertiary/aromatic N) is 2. The van der Waals surface area contributed by atoms with Crippen molar-refractivity contribution in [2.75, 3.05) is 46.3 Å². The van der Waals surface area contributed by atoms with Crippen LogP contribution in [0.2, 0.25) is 0 Å². The fourth-order valence-corrected chi connectivity index (χ4v) is 3.82. The molecule has 0 radical (unpaired) electrons. The summed E-state index contributed by atoms with van der Waals surface area (Å²) in [6, 6.07) is 0.690. The summed E-state index contributed by atoms with van der Waals surface area (Å²) in [5, 5.41) is 3.82. The van der Waals surface area contributed by atoms with Crippen LogP contribution in [0, 0.1) is 11.8 Å². The zero-order chi connectivity index (χ0) is 14.4. The number of piperidine rings is 2. The Hall–Kier alpha value is -0.120. The van der Waals surface area contributed by atoms with E-state index in [1.165, 1.54) is 71.4 Å². The van der Waals surface area contributed by atoms with Crippen LogP contribution >= 0.6 is 0 Å². The lowest BCUT2D eigenvalue weighted by Crippen LogP contribution is -2.44. The minimum absolute atomic E-state index is 0.690. The number of rotatable bonds is 6. The molecule has 0 aromatic carbocycles. The molecule has 2 aliphatic heterocycles. The lowest BCUT2D eigenvalue weighted by molar-refractivity contribution is 0.154. The van der Waals surface area contributed by atoms with Crippen molar-refractivity contribution in [2.24, 2.45) is 11.8 Å². The van der Waals surface area contributed by atoms with E-state index >= 15 is 0 Å². The lowest BCUT2D eigenvalue weighted by atomic mass is 9.90. The summed E-state index contributed by atoms with van der Waals surface area (Å²) < 4.78 is 0. The molecule has 2 heterocycles. The standard InChI is InChI=1S/C17H35N3/c1-4-20-11-5-6-17(14-20)15(2)18-10-7-16-8-12-19(3)13-9-16/h15-18H,4-14H2,1-3H3. The van der Waals surface area contributed by atoms with Gasteiger partial charge in [0.15, 0.2) is 0 Å². The predicted molar refractivity (Wildman–Crippen MR) is 87.1 cm³/mol. The minimum Gasteiger partial charge on any atom is -0.314 e. The van der Waals surface area contributed by atoms with Gasteiger partial charge in [-0.1, -0.05) is 6.92 Å². The van der Waals surface area contributed by atoms with Crippen LogP contribution in [-0.4, -0.2) is 62.2 Å². The monoisotopic (exact) mass is 281 g/mol. The Morgan fingerprint density at radius 3 is 2.60 bits per heavy atom. The van der Waals surface area contributed by atoms with E-state index in [2.05, 4.69) is 36.0 Å². The van der Waals surface area contributed by atoms with E-state index < -0.39 is 0 Å². The van der Waals surface area contributed by atoms with Gasteiger partial charge in [0.05, 0.1) is 0 Å². The van der Waals surface area contributed by atoms with Gasteiger partial charge in [-0.2, -0.15) is 0 Å². The molecule has 20 heavy (non-hydrogen) atoms. The lowest BCUT2D eigenvalue weighted by Gasteiger charge is -2.36. The first-order valence-electron chi connectivity index (χ1n) is 8.83. The maximum Gasteiger partial charge on any atom is 0.00792 e. The average Bonchev–Trinajstić information content (AvgIpc) is 2.49. The Morgan fingerprint density at radius 2 is 1.90 bits per heavy atom. The van der Waals surface area contributed by atoms with Crippen LogP contribution in [0.4, 0.5) is 0 Å². The second kappa shape index (κ2) is 8.35. The van der Waals surface area contributed by atoms with E-state index in [1.54, 1.807) is 0 Å². The fourth-order valence-electron chi connectivity index (χ4n) is 3.82. The van der Waals surface area contributed by atoms with Crippen molar-refractivity contribution in [3.8, 4) is 0 Å². The average molecular weight is 281 g/mol. The molecule has 2 fully saturated rings. The highest BCUT2D eigenvalue weighted by Gasteiger charge is 2.23. The molecule has 0 aromatic heterocycles. The molecule has 1 N–H and O–H groups in total. The van der Waals surface area contributed by atoms with E-state index in [4.69, 9.17) is 0 Å². The van der Waals surface area contributed by atoms with Crippen LogP contribution < -0.4 is 5.32 Å². The summed E-state index contributed by atoms with van der Waals surface area (Å²) >= 11 is 0. The molecule has 118 valence electrons. The van der Waals surface area contributed by atoms with E-state index in [0.29, 0.717) is 6.04 Å². The van der Waals surface area contributed by atoms with Crippen LogP contribution in [0.1, 0.15) is 46.0 Å². The first-order chi connectivity index (χ1) is 9.69. The van der Waals surface area contributed by atoms with E-state index in [-0.39, 0.29) is 0 Å². The third-order valence-electron chi connectivity index (χ3n) is 5.55.